The highest BCUT2D eigenvalue weighted by molar-refractivity contribution is 6.30. The van der Waals surface area contributed by atoms with E-state index in [9.17, 15) is 4.79 Å². The van der Waals surface area contributed by atoms with Gasteiger partial charge in [-0.2, -0.15) is 0 Å². The second-order valence-corrected chi connectivity index (χ2v) is 5.74. The number of rotatable bonds is 7. The van der Waals surface area contributed by atoms with Crippen molar-refractivity contribution in [2.24, 2.45) is 0 Å². The van der Waals surface area contributed by atoms with Crippen molar-refractivity contribution in [2.45, 2.75) is 25.8 Å². The Morgan fingerprint density at radius 2 is 2.05 bits per heavy atom. The van der Waals surface area contributed by atoms with Gasteiger partial charge in [-0.1, -0.05) is 23.7 Å². The molecule has 1 aromatic carbocycles. The highest BCUT2D eigenvalue weighted by atomic mass is 35.5. The molecule has 1 amide bonds. The number of carbonyl (C=O) groups excluding carboxylic acids is 1. The second-order valence-electron chi connectivity index (χ2n) is 5.30. The van der Waals surface area contributed by atoms with Crippen LogP contribution < -0.4 is 5.32 Å². The highest BCUT2D eigenvalue weighted by Crippen LogP contribution is 2.14. The lowest BCUT2D eigenvalue weighted by Crippen LogP contribution is -2.50. The second kappa shape index (κ2) is 8.17. The monoisotopic (exact) mass is 311 g/mol. The third kappa shape index (κ3) is 5.87. The van der Waals surface area contributed by atoms with Crippen molar-refractivity contribution in [2.75, 3.05) is 20.3 Å². The summed E-state index contributed by atoms with van der Waals surface area (Å²) >= 11 is 5.83. The average Bonchev–Trinajstić information content (AvgIpc) is 2.41. The number of hydrogen-bond acceptors (Lipinski definition) is 3. The Hall–Kier alpha value is -1.36. The molecule has 0 saturated carbocycles. The summed E-state index contributed by atoms with van der Waals surface area (Å²) in [7, 11) is 1.57. The summed E-state index contributed by atoms with van der Waals surface area (Å²) in [6.45, 7) is 3.92. The van der Waals surface area contributed by atoms with Crippen LogP contribution >= 0.6 is 11.6 Å². The lowest BCUT2D eigenvalue weighted by Gasteiger charge is -2.29. The molecule has 1 aromatic rings. The minimum Gasteiger partial charge on any atom is -0.396 e. The molecule has 21 heavy (non-hydrogen) atoms. The van der Waals surface area contributed by atoms with E-state index in [0.717, 1.165) is 5.56 Å². The van der Waals surface area contributed by atoms with Crippen LogP contribution in [0.4, 0.5) is 0 Å². The molecule has 5 heteroatoms. The van der Waals surface area contributed by atoms with Crippen molar-refractivity contribution < 1.29 is 14.6 Å². The van der Waals surface area contributed by atoms with Crippen LogP contribution in [0, 0.1) is 0 Å². The van der Waals surface area contributed by atoms with Crippen molar-refractivity contribution in [3.63, 3.8) is 0 Å². The summed E-state index contributed by atoms with van der Waals surface area (Å²) in [5.74, 6) is -0.182. The fourth-order valence-corrected chi connectivity index (χ4v) is 2.11. The van der Waals surface area contributed by atoms with Gasteiger partial charge in [-0.3, -0.25) is 4.79 Å². The molecular weight excluding hydrogens is 290 g/mol. The van der Waals surface area contributed by atoms with Gasteiger partial charge in [0, 0.05) is 24.3 Å². The van der Waals surface area contributed by atoms with Crippen molar-refractivity contribution in [1.29, 1.82) is 0 Å². The molecule has 1 rings (SSSR count). The maximum atomic E-state index is 12.2. The fraction of sp³-hybridized carbons (Fsp3) is 0.438. The van der Waals surface area contributed by atoms with Crippen LogP contribution in [0.3, 0.4) is 0 Å². The maximum absolute atomic E-state index is 12.2. The van der Waals surface area contributed by atoms with Crippen molar-refractivity contribution >= 4 is 23.6 Å². The number of ether oxygens (including phenoxy) is 1. The van der Waals surface area contributed by atoms with Crippen LogP contribution in [0.2, 0.25) is 5.02 Å². The standard InChI is InChI=1S/C16H22ClNO3/c1-12(10-13-4-6-14(17)7-5-13)15(20)18-16(2,8-9-19)11-21-3/h4-7,10,19H,8-9,11H2,1-3H3,(H,18,20)/b12-10+. The Morgan fingerprint density at radius 1 is 1.43 bits per heavy atom. The molecule has 0 radical (unpaired) electrons. The number of amides is 1. The van der Waals surface area contributed by atoms with E-state index in [-0.39, 0.29) is 12.5 Å². The first-order valence-corrected chi connectivity index (χ1v) is 7.14. The predicted molar refractivity (Wildman–Crippen MR) is 85.2 cm³/mol. The van der Waals surface area contributed by atoms with E-state index in [1.54, 1.807) is 32.2 Å². The summed E-state index contributed by atoms with van der Waals surface area (Å²) in [5, 5.41) is 12.7. The van der Waals surface area contributed by atoms with Crippen LogP contribution in [0.1, 0.15) is 25.8 Å². The van der Waals surface area contributed by atoms with Gasteiger partial charge in [0.25, 0.3) is 0 Å². The van der Waals surface area contributed by atoms with E-state index in [1.165, 1.54) is 0 Å². The van der Waals surface area contributed by atoms with Crippen molar-refractivity contribution in [3.8, 4) is 0 Å². The largest absolute Gasteiger partial charge is 0.396 e. The molecule has 0 aliphatic rings. The molecule has 116 valence electrons. The van der Waals surface area contributed by atoms with Crippen LogP contribution in [-0.4, -0.2) is 36.9 Å². The van der Waals surface area contributed by atoms with Gasteiger partial charge in [0.2, 0.25) is 5.91 Å². The van der Waals surface area contributed by atoms with Gasteiger partial charge in [-0.15, -0.1) is 0 Å². The molecule has 0 spiro atoms. The molecule has 1 unspecified atom stereocenters. The number of hydrogen-bond donors (Lipinski definition) is 2. The van der Waals surface area contributed by atoms with E-state index in [4.69, 9.17) is 21.4 Å². The van der Waals surface area contributed by atoms with E-state index >= 15 is 0 Å². The summed E-state index contributed by atoms with van der Waals surface area (Å²) in [6, 6.07) is 7.25. The number of carbonyl (C=O) groups is 1. The smallest absolute Gasteiger partial charge is 0.247 e. The zero-order valence-electron chi connectivity index (χ0n) is 12.6. The summed E-state index contributed by atoms with van der Waals surface area (Å²) in [5.41, 5.74) is 0.899. The van der Waals surface area contributed by atoms with Crippen molar-refractivity contribution in [1.82, 2.24) is 5.32 Å². The molecule has 1 atom stereocenters. The van der Waals surface area contributed by atoms with E-state index in [1.807, 2.05) is 19.1 Å². The SMILES string of the molecule is COCC(C)(CCO)NC(=O)/C(C)=C/c1ccc(Cl)cc1. The number of aliphatic hydroxyl groups is 1. The Morgan fingerprint density at radius 3 is 2.57 bits per heavy atom. The Kier molecular flexibility index (Phi) is 6.89. The zero-order valence-corrected chi connectivity index (χ0v) is 13.4. The van der Waals surface area contributed by atoms with Gasteiger partial charge in [-0.25, -0.2) is 0 Å². The van der Waals surface area contributed by atoms with Crippen molar-refractivity contribution in [3.05, 3.63) is 40.4 Å². The third-order valence-electron chi connectivity index (χ3n) is 3.15. The number of halogens is 1. The van der Waals surface area contributed by atoms with Gasteiger partial charge in [-0.05, 0) is 44.0 Å². The lowest BCUT2D eigenvalue weighted by atomic mass is 9.98. The quantitative estimate of drug-likeness (QED) is 0.761. The molecule has 0 aliphatic carbocycles. The third-order valence-corrected chi connectivity index (χ3v) is 3.41. The van der Waals surface area contributed by atoms with Crippen LogP contribution in [0.15, 0.2) is 29.8 Å². The molecule has 4 nitrogen and oxygen atoms in total. The van der Waals surface area contributed by atoms with E-state index in [2.05, 4.69) is 5.32 Å². The first kappa shape index (κ1) is 17.7. The highest BCUT2D eigenvalue weighted by Gasteiger charge is 2.26. The average molecular weight is 312 g/mol. The lowest BCUT2D eigenvalue weighted by molar-refractivity contribution is -0.120. The van der Waals surface area contributed by atoms with Gasteiger partial charge >= 0.3 is 0 Å². The zero-order chi connectivity index (χ0) is 15.9. The summed E-state index contributed by atoms with van der Waals surface area (Å²) < 4.78 is 5.11. The molecule has 0 aromatic heterocycles. The maximum Gasteiger partial charge on any atom is 0.247 e. The Bertz CT molecular complexity index is 491. The minimum atomic E-state index is -0.588. The number of aliphatic hydroxyl groups excluding tert-OH is 1. The van der Waals surface area contributed by atoms with E-state index < -0.39 is 5.54 Å². The number of methoxy groups -OCH3 is 1. The van der Waals surface area contributed by atoms with Gasteiger partial charge in [0.1, 0.15) is 0 Å². The minimum absolute atomic E-state index is 0.0138. The predicted octanol–water partition coefficient (Wildman–Crippen LogP) is 2.65. The van der Waals surface area contributed by atoms with Crippen LogP contribution in [-0.2, 0) is 9.53 Å². The first-order chi connectivity index (χ1) is 9.90. The van der Waals surface area contributed by atoms with Gasteiger partial charge in [0.15, 0.2) is 0 Å². The molecule has 0 bridgehead atoms. The Balaban J connectivity index is 2.79. The molecule has 0 aliphatic heterocycles. The number of benzene rings is 1. The molecule has 0 heterocycles. The van der Waals surface area contributed by atoms with Gasteiger partial charge in [0.05, 0.1) is 12.1 Å². The normalized spacial score (nSPS) is 14.6. The fourth-order valence-electron chi connectivity index (χ4n) is 1.98. The molecule has 2 N–H and O–H groups in total. The van der Waals surface area contributed by atoms with Gasteiger partial charge < -0.3 is 15.2 Å². The van der Waals surface area contributed by atoms with Crippen LogP contribution in [0.25, 0.3) is 6.08 Å². The summed E-state index contributed by atoms with van der Waals surface area (Å²) in [4.78, 5) is 12.2. The van der Waals surface area contributed by atoms with Crippen LogP contribution in [0.5, 0.6) is 0 Å². The topological polar surface area (TPSA) is 58.6 Å². The molecule has 0 fully saturated rings. The van der Waals surface area contributed by atoms with E-state index in [0.29, 0.717) is 23.6 Å². The Labute approximate surface area is 130 Å². The molecular formula is C16H22ClNO3. The number of nitrogens with one attached hydrogen (secondary N) is 1. The molecule has 0 saturated heterocycles. The summed E-state index contributed by atoms with van der Waals surface area (Å²) in [6.07, 6.45) is 2.22. The first-order valence-electron chi connectivity index (χ1n) is 6.76.